The Kier molecular flexibility index (Phi) is 6.95. The fourth-order valence-corrected chi connectivity index (χ4v) is 1.82. The van der Waals surface area contributed by atoms with Crippen LogP contribution in [0.2, 0.25) is 5.02 Å². The zero-order chi connectivity index (χ0) is 15.0. The molecule has 0 radical (unpaired) electrons. The molecule has 6 heteroatoms. The van der Waals surface area contributed by atoms with Gasteiger partial charge < -0.3 is 20.5 Å². The van der Waals surface area contributed by atoms with Crippen molar-refractivity contribution in [3.63, 3.8) is 0 Å². The fraction of sp³-hybridized carbons (Fsp3) is 0.500. The maximum Gasteiger partial charge on any atom is 0.238 e. The van der Waals surface area contributed by atoms with Crippen LogP contribution in [0, 0.1) is 0 Å². The predicted molar refractivity (Wildman–Crippen MR) is 80.1 cm³/mol. The highest BCUT2D eigenvalue weighted by Crippen LogP contribution is 2.14. The molecule has 0 heterocycles. The van der Waals surface area contributed by atoms with Crippen molar-refractivity contribution in [1.29, 1.82) is 0 Å². The van der Waals surface area contributed by atoms with E-state index in [4.69, 9.17) is 16.3 Å². The third-order valence-electron chi connectivity index (χ3n) is 2.74. The van der Waals surface area contributed by atoms with Crippen molar-refractivity contribution in [1.82, 2.24) is 5.32 Å². The summed E-state index contributed by atoms with van der Waals surface area (Å²) in [5.74, 6) is -0.185. The molecule has 0 saturated heterocycles. The standard InChI is InChI=1S/C14H21ClN2O3/c1-14(19,6-7-20-2)10-16-9-13(18)17-12-5-3-4-11(15)8-12/h3-5,8,16,19H,6-7,9-10H2,1-2H3,(H,17,18). The molecule has 0 spiro atoms. The van der Waals surface area contributed by atoms with Crippen LogP contribution >= 0.6 is 11.6 Å². The number of nitrogens with one attached hydrogen (secondary N) is 2. The maximum atomic E-state index is 11.7. The van der Waals surface area contributed by atoms with Crippen molar-refractivity contribution < 1.29 is 14.6 Å². The van der Waals surface area contributed by atoms with Crippen LogP contribution in [0.25, 0.3) is 0 Å². The summed E-state index contributed by atoms with van der Waals surface area (Å²) >= 11 is 5.83. The first-order chi connectivity index (χ1) is 9.43. The molecule has 0 aromatic heterocycles. The summed E-state index contributed by atoms with van der Waals surface area (Å²) in [5.41, 5.74) is -0.248. The second kappa shape index (κ2) is 8.21. The van der Waals surface area contributed by atoms with E-state index in [1.165, 1.54) is 0 Å². The number of aliphatic hydroxyl groups is 1. The summed E-state index contributed by atoms with van der Waals surface area (Å²) in [6.07, 6.45) is 0.506. The van der Waals surface area contributed by atoms with Gasteiger partial charge in [-0.2, -0.15) is 0 Å². The number of halogens is 1. The smallest absolute Gasteiger partial charge is 0.238 e. The van der Waals surface area contributed by atoms with Gasteiger partial charge in [0.1, 0.15) is 0 Å². The molecule has 1 amide bonds. The molecule has 3 N–H and O–H groups in total. The van der Waals surface area contributed by atoms with Crippen molar-refractivity contribution in [2.75, 3.05) is 32.1 Å². The van der Waals surface area contributed by atoms with Crippen LogP contribution in [0.15, 0.2) is 24.3 Å². The van der Waals surface area contributed by atoms with Gasteiger partial charge in [-0.05, 0) is 25.1 Å². The van der Waals surface area contributed by atoms with E-state index in [9.17, 15) is 9.90 Å². The van der Waals surface area contributed by atoms with Gasteiger partial charge in [0, 0.05) is 37.4 Å². The zero-order valence-corrected chi connectivity index (χ0v) is 12.5. The lowest BCUT2D eigenvalue weighted by molar-refractivity contribution is -0.115. The average molecular weight is 301 g/mol. The molecule has 0 saturated carbocycles. The van der Waals surface area contributed by atoms with E-state index in [1.807, 2.05) is 0 Å². The van der Waals surface area contributed by atoms with Crippen LogP contribution in [0.5, 0.6) is 0 Å². The third-order valence-corrected chi connectivity index (χ3v) is 2.98. The summed E-state index contributed by atoms with van der Waals surface area (Å²) in [5, 5.41) is 16.2. The van der Waals surface area contributed by atoms with Gasteiger partial charge in [0.05, 0.1) is 12.1 Å². The van der Waals surface area contributed by atoms with Crippen molar-refractivity contribution in [2.45, 2.75) is 18.9 Å². The molecule has 0 bridgehead atoms. The molecule has 1 aromatic carbocycles. The number of amides is 1. The Morgan fingerprint density at radius 3 is 2.90 bits per heavy atom. The van der Waals surface area contributed by atoms with Gasteiger partial charge in [-0.15, -0.1) is 0 Å². The Hall–Kier alpha value is -1.14. The first kappa shape index (κ1) is 16.9. The van der Waals surface area contributed by atoms with Gasteiger partial charge in [-0.3, -0.25) is 4.79 Å². The van der Waals surface area contributed by atoms with E-state index in [0.717, 1.165) is 0 Å². The number of rotatable bonds is 8. The molecule has 1 aromatic rings. The summed E-state index contributed by atoms with van der Waals surface area (Å²) in [7, 11) is 1.59. The number of benzene rings is 1. The zero-order valence-electron chi connectivity index (χ0n) is 11.8. The van der Waals surface area contributed by atoms with Crippen molar-refractivity contribution >= 4 is 23.2 Å². The average Bonchev–Trinajstić information content (AvgIpc) is 2.36. The molecule has 1 unspecified atom stereocenters. The summed E-state index contributed by atoms with van der Waals surface area (Å²) < 4.78 is 4.92. The molecule has 0 aliphatic heterocycles. The molecular formula is C14H21ClN2O3. The van der Waals surface area contributed by atoms with E-state index in [2.05, 4.69) is 10.6 Å². The molecule has 112 valence electrons. The van der Waals surface area contributed by atoms with Gasteiger partial charge in [-0.25, -0.2) is 0 Å². The first-order valence-electron chi connectivity index (χ1n) is 6.40. The lowest BCUT2D eigenvalue weighted by Crippen LogP contribution is -2.41. The van der Waals surface area contributed by atoms with Crippen molar-refractivity contribution in [3.8, 4) is 0 Å². The molecule has 20 heavy (non-hydrogen) atoms. The Morgan fingerprint density at radius 2 is 2.25 bits per heavy atom. The highest BCUT2D eigenvalue weighted by Gasteiger charge is 2.19. The molecule has 0 aliphatic rings. The monoisotopic (exact) mass is 300 g/mol. The number of hydrogen-bond donors (Lipinski definition) is 3. The lowest BCUT2D eigenvalue weighted by Gasteiger charge is -2.23. The maximum absolute atomic E-state index is 11.7. The second-order valence-corrected chi connectivity index (χ2v) is 5.34. The first-order valence-corrected chi connectivity index (χ1v) is 6.78. The van der Waals surface area contributed by atoms with Crippen LogP contribution in [0.1, 0.15) is 13.3 Å². The Labute approximate surface area is 124 Å². The SMILES string of the molecule is COCCC(C)(O)CNCC(=O)Nc1cccc(Cl)c1. The minimum Gasteiger partial charge on any atom is -0.389 e. The molecule has 1 rings (SSSR count). The normalized spacial score (nSPS) is 13.8. The Bertz CT molecular complexity index is 438. The van der Waals surface area contributed by atoms with E-state index in [0.29, 0.717) is 30.3 Å². The van der Waals surface area contributed by atoms with E-state index in [-0.39, 0.29) is 12.5 Å². The van der Waals surface area contributed by atoms with Crippen LogP contribution < -0.4 is 10.6 Å². The van der Waals surface area contributed by atoms with E-state index < -0.39 is 5.60 Å². The van der Waals surface area contributed by atoms with Crippen LogP contribution in [0.4, 0.5) is 5.69 Å². The number of anilines is 1. The van der Waals surface area contributed by atoms with Crippen LogP contribution in [-0.4, -0.2) is 43.4 Å². The number of methoxy groups -OCH3 is 1. The highest BCUT2D eigenvalue weighted by molar-refractivity contribution is 6.30. The number of carbonyl (C=O) groups is 1. The number of ether oxygens (including phenoxy) is 1. The van der Waals surface area contributed by atoms with Crippen molar-refractivity contribution in [2.24, 2.45) is 0 Å². The van der Waals surface area contributed by atoms with Crippen LogP contribution in [0.3, 0.4) is 0 Å². The van der Waals surface area contributed by atoms with E-state index in [1.54, 1.807) is 38.3 Å². The number of hydrogen-bond acceptors (Lipinski definition) is 4. The molecule has 0 fully saturated rings. The summed E-state index contributed by atoms with van der Waals surface area (Å²) in [6.45, 7) is 2.62. The van der Waals surface area contributed by atoms with Crippen LogP contribution in [-0.2, 0) is 9.53 Å². The summed E-state index contributed by atoms with van der Waals surface area (Å²) in [6, 6.07) is 6.94. The second-order valence-electron chi connectivity index (χ2n) is 4.90. The lowest BCUT2D eigenvalue weighted by atomic mass is 10.0. The summed E-state index contributed by atoms with van der Waals surface area (Å²) in [4.78, 5) is 11.7. The quantitative estimate of drug-likeness (QED) is 0.683. The fourth-order valence-electron chi connectivity index (χ4n) is 1.63. The highest BCUT2D eigenvalue weighted by atomic mass is 35.5. The molecule has 1 atom stereocenters. The minimum absolute atomic E-state index is 0.121. The topological polar surface area (TPSA) is 70.6 Å². The van der Waals surface area contributed by atoms with Gasteiger partial charge in [0.2, 0.25) is 5.91 Å². The van der Waals surface area contributed by atoms with Gasteiger partial charge in [-0.1, -0.05) is 17.7 Å². The largest absolute Gasteiger partial charge is 0.389 e. The van der Waals surface area contributed by atoms with E-state index >= 15 is 0 Å². The Morgan fingerprint density at radius 1 is 1.50 bits per heavy atom. The molecule has 0 aliphatic carbocycles. The third kappa shape index (κ3) is 6.86. The molecular weight excluding hydrogens is 280 g/mol. The van der Waals surface area contributed by atoms with Crippen molar-refractivity contribution in [3.05, 3.63) is 29.3 Å². The van der Waals surface area contributed by atoms with Gasteiger partial charge in [0.15, 0.2) is 0 Å². The predicted octanol–water partition coefficient (Wildman–Crippen LogP) is 1.66. The minimum atomic E-state index is -0.896. The van der Waals surface area contributed by atoms with Gasteiger partial charge in [0.25, 0.3) is 0 Å². The van der Waals surface area contributed by atoms with Gasteiger partial charge >= 0.3 is 0 Å². The number of carbonyl (C=O) groups excluding carboxylic acids is 1. The Balaban J connectivity index is 2.30. The molecule has 5 nitrogen and oxygen atoms in total.